The van der Waals surface area contributed by atoms with Crippen molar-refractivity contribution in [1.82, 2.24) is 5.43 Å². The number of rotatable bonds is 6. The predicted octanol–water partition coefficient (Wildman–Crippen LogP) is 1.70. The Hall–Kier alpha value is -2.94. The topological polar surface area (TPSA) is 163 Å². The maximum atomic E-state index is 11.7. The molecule has 11 heteroatoms. The number of nitrogens with one attached hydrogen (secondary N) is 2. The molecule has 0 amide bonds. The van der Waals surface area contributed by atoms with E-state index < -0.39 is 18.3 Å². The first kappa shape index (κ1) is 18.4. The van der Waals surface area contributed by atoms with Gasteiger partial charge in [0.1, 0.15) is 0 Å². The second-order valence-corrected chi connectivity index (χ2v) is 6.61. The molecule has 6 N–H and O–H groups in total. The molecule has 2 rings (SSSR count). The van der Waals surface area contributed by atoms with Gasteiger partial charge in [0.2, 0.25) is 5.96 Å². The van der Waals surface area contributed by atoms with Gasteiger partial charge in [0.05, 0.1) is 10.6 Å². The Morgan fingerprint density at radius 1 is 1.20 bits per heavy atom. The summed E-state index contributed by atoms with van der Waals surface area (Å²) in [5.41, 5.74) is 11.2. The fourth-order valence-electron chi connectivity index (χ4n) is 1.96. The Bertz CT molecular complexity index is 823. The van der Waals surface area contributed by atoms with Gasteiger partial charge >= 0.3 is 7.60 Å². The standard InChI is InChI=1S/C14H16N5O5P/c15-14(18-17-11-6-2-1-3-7-11)16-13(25(22,23)24)10-5-4-8-12(9-10)19(20)21/h1-9,13,17H,(H3,15,16,18)(H2,22,23,24). The number of nitro benzene ring substituents is 1. The van der Waals surface area contributed by atoms with Crippen LogP contribution in [0, 0.1) is 10.1 Å². The Morgan fingerprint density at radius 2 is 1.88 bits per heavy atom. The fourth-order valence-corrected chi connectivity index (χ4v) is 2.79. The molecule has 2 aromatic carbocycles. The number of hydrogen-bond donors (Lipinski definition) is 5. The Balaban J connectivity index is 2.24. The van der Waals surface area contributed by atoms with E-state index in [1.54, 1.807) is 24.3 Å². The number of hydrogen-bond acceptors (Lipinski definition) is 5. The third kappa shape index (κ3) is 5.28. The lowest BCUT2D eigenvalue weighted by Crippen LogP contribution is -2.36. The van der Waals surface area contributed by atoms with Crippen molar-refractivity contribution in [1.29, 1.82) is 0 Å². The van der Waals surface area contributed by atoms with Gasteiger partial charge in [-0.1, -0.05) is 30.3 Å². The minimum absolute atomic E-state index is 0.0213. The molecule has 132 valence electrons. The minimum Gasteiger partial charge on any atom is -0.369 e. The SMILES string of the molecule is N/C(=N\C(c1cccc([N+](=O)[O-])c1)P(=O)(O)O)NNc1ccccc1. The van der Waals surface area contributed by atoms with E-state index in [1.807, 2.05) is 6.07 Å². The quantitative estimate of drug-likeness (QED) is 0.170. The van der Waals surface area contributed by atoms with Crippen LogP contribution >= 0.6 is 7.60 Å². The molecule has 0 spiro atoms. The van der Waals surface area contributed by atoms with Crippen LogP contribution in [0.3, 0.4) is 0 Å². The van der Waals surface area contributed by atoms with Crippen LogP contribution in [0.5, 0.6) is 0 Å². The molecule has 0 aliphatic carbocycles. The van der Waals surface area contributed by atoms with Gasteiger partial charge in [-0.05, 0) is 17.7 Å². The van der Waals surface area contributed by atoms with Crippen molar-refractivity contribution in [2.45, 2.75) is 5.78 Å². The molecule has 2 aromatic rings. The normalized spacial score (nSPS) is 13.1. The van der Waals surface area contributed by atoms with Crippen molar-refractivity contribution < 1.29 is 19.3 Å². The summed E-state index contributed by atoms with van der Waals surface area (Å²) < 4.78 is 11.7. The van der Waals surface area contributed by atoms with E-state index in [0.29, 0.717) is 5.69 Å². The van der Waals surface area contributed by atoms with E-state index in [-0.39, 0.29) is 17.2 Å². The number of para-hydroxylation sites is 1. The molecule has 0 aliphatic rings. The van der Waals surface area contributed by atoms with Crippen LogP contribution in [0.25, 0.3) is 0 Å². The van der Waals surface area contributed by atoms with Gasteiger partial charge in [0.25, 0.3) is 5.69 Å². The van der Waals surface area contributed by atoms with Gasteiger partial charge in [0, 0.05) is 12.1 Å². The minimum atomic E-state index is -4.76. The molecular formula is C14H16N5O5P. The molecule has 1 atom stereocenters. The number of aliphatic imine (C=N–C) groups is 1. The molecule has 25 heavy (non-hydrogen) atoms. The summed E-state index contributed by atoms with van der Waals surface area (Å²) in [5, 5.41) is 10.8. The zero-order valence-corrected chi connectivity index (χ0v) is 13.7. The zero-order valence-electron chi connectivity index (χ0n) is 12.8. The van der Waals surface area contributed by atoms with Gasteiger partial charge in [-0.15, -0.1) is 0 Å². The van der Waals surface area contributed by atoms with Crippen molar-refractivity contribution in [3.63, 3.8) is 0 Å². The second-order valence-electron chi connectivity index (χ2n) is 4.95. The highest BCUT2D eigenvalue weighted by atomic mass is 31.2. The molecule has 0 fully saturated rings. The number of nitro groups is 1. The first-order chi connectivity index (χ1) is 11.8. The molecule has 0 saturated carbocycles. The summed E-state index contributed by atoms with van der Waals surface area (Å²) in [7, 11) is -4.76. The molecule has 10 nitrogen and oxygen atoms in total. The van der Waals surface area contributed by atoms with Crippen molar-refractivity contribution in [3.05, 3.63) is 70.3 Å². The fraction of sp³-hybridized carbons (Fsp3) is 0.0714. The first-order valence-electron chi connectivity index (χ1n) is 6.97. The average Bonchev–Trinajstić information content (AvgIpc) is 2.58. The predicted molar refractivity (Wildman–Crippen MR) is 92.7 cm³/mol. The lowest BCUT2D eigenvalue weighted by molar-refractivity contribution is -0.384. The summed E-state index contributed by atoms with van der Waals surface area (Å²) in [6.07, 6.45) is 0. The first-order valence-corrected chi connectivity index (χ1v) is 8.65. The molecule has 0 aliphatic heterocycles. The summed E-state index contributed by atoms with van der Waals surface area (Å²) in [5.74, 6) is -1.96. The van der Waals surface area contributed by atoms with Crippen molar-refractivity contribution in [3.8, 4) is 0 Å². The van der Waals surface area contributed by atoms with Crippen LogP contribution in [-0.2, 0) is 4.57 Å². The Morgan fingerprint density at radius 3 is 2.48 bits per heavy atom. The highest BCUT2D eigenvalue weighted by Crippen LogP contribution is 2.52. The number of non-ortho nitro benzene ring substituents is 1. The van der Waals surface area contributed by atoms with Crippen molar-refractivity contribution >= 4 is 24.9 Å². The summed E-state index contributed by atoms with van der Waals surface area (Å²) in [6, 6.07) is 13.7. The van der Waals surface area contributed by atoms with E-state index in [1.165, 1.54) is 18.2 Å². The van der Waals surface area contributed by atoms with Gasteiger partial charge in [-0.2, -0.15) is 0 Å². The summed E-state index contributed by atoms with van der Waals surface area (Å²) in [6.45, 7) is 0. The second kappa shape index (κ2) is 7.75. The number of guanidine groups is 1. The number of benzene rings is 2. The Kier molecular flexibility index (Phi) is 5.71. The Labute approximate surface area is 142 Å². The van der Waals surface area contributed by atoms with Crippen LogP contribution in [0.15, 0.2) is 59.6 Å². The monoisotopic (exact) mass is 365 g/mol. The molecule has 0 radical (unpaired) electrons. The van der Waals surface area contributed by atoms with Crippen LogP contribution < -0.4 is 16.6 Å². The van der Waals surface area contributed by atoms with Crippen LogP contribution in [0.1, 0.15) is 11.3 Å². The van der Waals surface area contributed by atoms with Gasteiger partial charge in [-0.3, -0.25) is 25.5 Å². The van der Waals surface area contributed by atoms with Crippen molar-refractivity contribution in [2.75, 3.05) is 5.43 Å². The van der Waals surface area contributed by atoms with E-state index in [9.17, 15) is 24.5 Å². The highest BCUT2D eigenvalue weighted by molar-refractivity contribution is 7.52. The lowest BCUT2D eigenvalue weighted by atomic mass is 10.2. The van der Waals surface area contributed by atoms with Gasteiger partial charge in [-0.25, -0.2) is 4.99 Å². The maximum Gasteiger partial charge on any atom is 0.354 e. The average molecular weight is 365 g/mol. The largest absolute Gasteiger partial charge is 0.369 e. The molecular weight excluding hydrogens is 349 g/mol. The number of nitrogens with two attached hydrogens (primary N) is 1. The maximum absolute atomic E-state index is 11.7. The van der Waals surface area contributed by atoms with Crippen LogP contribution in [0.2, 0.25) is 0 Å². The molecule has 0 heterocycles. The van der Waals surface area contributed by atoms with E-state index >= 15 is 0 Å². The van der Waals surface area contributed by atoms with Crippen LogP contribution in [-0.4, -0.2) is 20.7 Å². The molecule has 0 aromatic heterocycles. The number of nitrogens with zero attached hydrogens (tertiary/aromatic N) is 2. The number of hydrazine groups is 1. The third-order valence-corrected chi connectivity index (χ3v) is 4.12. The van der Waals surface area contributed by atoms with E-state index in [0.717, 1.165) is 6.07 Å². The molecule has 0 saturated heterocycles. The zero-order chi connectivity index (χ0) is 18.4. The van der Waals surface area contributed by atoms with E-state index in [2.05, 4.69) is 15.8 Å². The summed E-state index contributed by atoms with van der Waals surface area (Å²) >= 11 is 0. The van der Waals surface area contributed by atoms with Gasteiger partial charge < -0.3 is 15.5 Å². The molecule has 1 unspecified atom stereocenters. The molecule has 0 bridgehead atoms. The highest BCUT2D eigenvalue weighted by Gasteiger charge is 2.31. The van der Waals surface area contributed by atoms with Crippen LogP contribution in [0.4, 0.5) is 11.4 Å². The number of anilines is 1. The third-order valence-electron chi connectivity index (χ3n) is 3.07. The smallest absolute Gasteiger partial charge is 0.354 e. The van der Waals surface area contributed by atoms with E-state index in [4.69, 9.17) is 5.73 Å². The van der Waals surface area contributed by atoms with Crippen molar-refractivity contribution in [2.24, 2.45) is 10.7 Å². The summed E-state index contributed by atoms with van der Waals surface area (Å²) in [4.78, 5) is 33.0. The lowest BCUT2D eigenvalue weighted by Gasteiger charge is -2.16. The van der Waals surface area contributed by atoms with Gasteiger partial charge in [0.15, 0.2) is 5.78 Å².